The average molecular weight is 450 g/mol. The number of likely N-dealkylation sites (tertiary alicyclic amines) is 1. The first-order valence-corrected chi connectivity index (χ1v) is 10.9. The lowest BCUT2D eigenvalue weighted by Gasteiger charge is -2.24. The van der Waals surface area contributed by atoms with Crippen molar-refractivity contribution >= 4 is 11.8 Å². The summed E-state index contributed by atoms with van der Waals surface area (Å²) in [6, 6.07) is 16.8. The summed E-state index contributed by atoms with van der Waals surface area (Å²) < 4.78 is 12.4. The van der Waals surface area contributed by atoms with Crippen LogP contribution < -0.4 is 14.8 Å². The highest BCUT2D eigenvalue weighted by atomic mass is 16.5. The normalized spacial score (nSPS) is 15.3. The Morgan fingerprint density at radius 1 is 1.09 bits per heavy atom. The maximum atomic E-state index is 12.7. The minimum Gasteiger partial charge on any atom is -0.497 e. The van der Waals surface area contributed by atoms with Crippen LogP contribution in [0.2, 0.25) is 0 Å². The monoisotopic (exact) mass is 449 g/mol. The SMILES string of the molecule is COc1ccc(OCC(=O)N2CCC[C@H]2Cn2cc(C(=O)NCc3ccccc3)nn2)cc1. The number of aromatic nitrogens is 3. The van der Waals surface area contributed by atoms with Crippen molar-refractivity contribution in [2.24, 2.45) is 0 Å². The van der Waals surface area contributed by atoms with E-state index in [2.05, 4.69) is 15.6 Å². The van der Waals surface area contributed by atoms with Crippen LogP contribution >= 0.6 is 0 Å². The second kappa shape index (κ2) is 10.6. The molecule has 9 heteroatoms. The van der Waals surface area contributed by atoms with Crippen LogP contribution in [0.1, 0.15) is 28.9 Å². The number of benzene rings is 2. The summed E-state index contributed by atoms with van der Waals surface area (Å²) in [5.74, 6) is 0.989. The van der Waals surface area contributed by atoms with Crippen molar-refractivity contribution in [1.82, 2.24) is 25.2 Å². The van der Waals surface area contributed by atoms with Gasteiger partial charge in [-0.15, -0.1) is 5.10 Å². The Balaban J connectivity index is 1.28. The summed E-state index contributed by atoms with van der Waals surface area (Å²) in [6.45, 7) is 1.54. The minimum atomic E-state index is -0.280. The Labute approximate surface area is 192 Å². The molecule has 1 fully saturated rings. The van der Waals surface area contributed by atoms with E-state index in [1.54, 1.807) is 42.3 Å². The number of carbonyl (C=O) groups is 2. The average Bonchev–Trinajstić information content (AvgIpc) is 3.52. The van der Waals surface area contributed by atoms with Crippen LogP contribution in [0.25, 0.3) is 0 Å². The zero-order valence-corrected chi connectivity index (χ0v) is 18.5. The molecular weight excluding hydrogens is 422 g/mol. The molecule has 1 atom stereocenters. The lowest BCUT2D eigenvalue weighted by atomic mass is 10.2. The number of nitrogens with one attached hydrogen (secondary N) is 1. The van der Waals surface area contributed by atoms with Crippen molar-refractivity contribution in [2.75, 3.05) is 20.3 Å². The van der Waals surface area contributed by atoms with Crippen LogP contribution in [0.15, 0.2) is 60.8 Å². The van der Waals surface area contributed by atoms with E-state index in [9.17, 15) is 9.59 Å². The van der Waals surface area contributed by atoms with E-state index in [1.165, 1.54) is 0 Å². The number of hydrogen-bond donors (Lipinski definition) is 1. The van der Waals surface area contributed by atoms with E-state index in [0.29, 0.717) is 25.4 Å². The topological polar surface area (TPSA) is 98.6 Å². The molecule has 1 aromatic heterocycles. The summed E-state index contributed by atoms with van der Waals surface area (Å²) in [5.41, 5.74) is 1.26. The third kappa shape index (κ3) is 5.88. The summed E-state index contributed by atoms with van der Waals surface area (Å²) >= 11 is 0. The third-order valence-electron chi connectivity index (χ3n) is 5.58. The van der Waals surface area contributed by atoms with Crippen LogP contribution in [0.4, 0.5) is 0 Å². The number of carbonyl (C=O) groups excluding carboxylic acids is 2. The molecule has 1 aliphatic heterocycles. The smallest absolute Gasteiger partial charge is 0.273 e. The standard InChI is InChI=1S/C24H27N5O4/c1-32-20-9-11-21(12-10-20)33-17-23(30)29-13-5-8-19(29)15-28-16-22(26-27-28)24(31)25-14-18-6-3-2-4-7-18/h2-4,6-7,9-12,16,19H,5,8,13-15,17H2,1H3,(H,25,31)/t19-/m0/s1. The molecule has 2 aromatic carbocycles. The van der Waals surface area contributed by atoms with Crippen molar-refractivity contribution in [3.8, 4) is 11.5 Å². The lowest BCUT2D eigenvalue weighted by Crippen LogP contribution is -2.40. The van der Waals surface area contributed by atoms with Gasteiger partial charge in [-0.05, 0) is 42.7 Å². The van der Waals surface area contributed by atoms with Crippen molar-refractivity contribution in [3.63, 3.8) is 0 Å². The molecule has 172 valence electrons. The fraction of sp³-hybridized carbons (Fsp3) is 0.333. The molecule has 0 unspecified atom stereocenters. The maximum Gasteiger partial charge on any atom is 0.273 e. The molecule has 2 heterocycles. The molecule has 2 amide bonds. The van der Waals surface area contributed by atoms with Crippen LogP contribution in [-0.4, -0.2) is 58.0 Å². The molecule has 1 saturated heterocycles. The predicted molar refractivity (Wildman–Crippen MR) is 121 cm³/mol. The highest BCUT2D eigenvalue weighted by Gasteiger charge is 2.29. The van der Waals surface area contributed by atoms with Gasteiger partial charge < -0.3 is 19.7 Å². The van der Waals surface area contributed by atoms with Gasteiger partial charge in [0, 0.05) is 13.1 Å². The largest absolute Gasteiger partial charge is 0.497 e. The Morgan fingerprint density at radius 2 is 1.85 bits per heavy atom. The molecule has 4 rings (SSSR count). The van der Waals surface area contributed by atoms with E-state index in [0.717, 1.165) is 24.2 Å². The van der Waals surface area contributed by atoms with Gasteiger partial charge in [0.15, 0.2) is 12.3 Å². The Bertz CT molecular complexity index is 1070. The first-order valence-electron chi connectivity index (χ1n) is 10.9. The van der Waals surface area contributed by atoms with Crippen LogP contribution in [0, 0.1) is 0 Å². The molecule has 0 bridgehead atoms. The molecule has 0 aliphatic carbocycles. The van der Waals surface area contributed by atoms with Crippen molar-refractivity contribution < 1.29 is 19.1 Å². The lowest BCUT2D eigenvalue weighted by molar-refractivity contribution is -0.134. The van der Waals surface area contributed by atoms with Gasteiger partial charge in [-0.2, -0.15) is 0 Å². The third-order valence-corrected chi connectivity index (χ3v) is 5.58. The van der Waals surface area contributed by atoms with Gasteiger partial charge in [0.1, 0.15) is 11.5 Å². The minimum absolute atomic E-state index is 0.0149. The molecule has 3 aromatic rings. The molecule has 0 spiro atoms. The van der Waals surface area contributed by atoms with E-state index >= 15 is 0 Å². The Morgan fingerprint density at radius 3 is 2.61 bits per heavy atom. The molecule has 33 heavy (non-hydrogen) atoms. The molecule has 0 saturated carbocycles. The molecule has 0 radical (unpaired) electrons. The van der Waals surface area contributed by atoms with E-state index in [1.807, 2.05) is 35.2 Å². The van der Waals surface area contributed by atoms with E-state index in [4.69, 9.17) is 9.47 Å². The van der Waals surface area contributed by atoms with E-state index in [-0.39, 0.29) is 30.2 Å². The number of amides is 2. The second-order valence-corrected chi connectivity index (χ2v) is 7.84. The van der Waals surface area contributed by atoms with E-state index < -0.39 is 0 Å². The van der Waals surface area contributed by atoms with Crippen molar-refractivity contribution in [2.45, 2.75) is 32.0 Å². The quantitative estimate of drug-likeness (QED) is 0.538. The Hall–Kier alpha value is -3.88. The first kappa shape index (κ1) is 22.3. The van der Waals surface area contributed by atoms with Gasteiger partial charge in [0.25, 0.3) is 11.8 Å². The van der Waals surface area contributed by atoms with Gasteiger partial charge in [-0.25, -0.2) is 4.68 Å². The van der Waals surface area contributed by atoms with Crippen LogP contribution in [-0.2, 0) is 17.9 Å². The van der Waals surface area contributed by atoms with Gasteiger partial charge in [0.05, 0.1) is 25.9 Å². The number of hydrogen-bond acceptors (Lipinski definition) is 6. The van der Waals surface area contributed by atoms with Crippen LogP contribution in [0.3, 0.4) is 0 Å². The number of methoxy groups -OCH3 is 1. The first-order chi connectivity index (χ1) is 16.1. The number of ether oxygens (including phenoxy) is 2. The Kier molecular flexibility index (Phi) is 7.19. The molecule has 1 aliphatic rings. The summed E-state index contributed by atoms with van der Waals surface area (Å²) in [4.78, 5) is 26.9. The van der Waals surface area contributed by atoms with Gasteiger partial charge in [-0.3, -0.25) is 9.59 Å². The molecular formula is C24H27N5O4. The molecule has 1 N–H and O–H groups in total. The summed E-state index contributed by atoms with van der Waals surface area (Å²) in [6.07, 6.45) is 3.40. The van der Waals surface area contributed by atoms with Crippen molar-refractivity contribution in [1.29, 1.82) is 0 Å². The number of rotatable bonds is 9. The fourth-order valence-corrected chi connectivity index (χ4v) is 3.83. The number of nitrogens with zero attached hydrogens (tertiary/aromatic N) is 4. The van der Waals surface area contributed by atoms with Gasteiger partial charge in [0.2, 0.25) is 0 Å². The molecule has 9 nitrogen and oxygen atoms in total. The maximum absolute atomic E-state index is 12.7. The summed E-state index contributed by atoms with van der Waals surface area (Å²) in [7, 11) is 1.60. The van der Waals surface area contributed by atoms with Crippen molar-refractivity contribution in [3.05, 3.63) is 72.1 Å². The van der Waals surface area contributed by atoms with Gasteiger partial charge in [-0.1, -0.05) is 35.5 Å². The highest BCUT2D eigenvalue weighted by molar-refractivity contribution is 5.91. The fourth-order valence-electron chi connectivity index (χ4n) is 3.83. The highest BCUT2D eigenvalue weighted by Crippen LogP contribution is 2.21. The summed E-state index contributed by atoms with van der Waals surface area (Å²) in [5, 5.41) is 10.9. The predicted octanol–water partition coefficient (Wildman–Crippen LogP) is 2.29. The van der Waals surface area contributed by atoms with Gasteiger partial charge >= 0.3 is 0 Å². The zero-order valence-electron chi connectivity index (χ0n) is 18.5. The second-order valence-electron chi connectivity index (χ2n) is 7.84. The zero-order chi connectivity index (χ0) is 23.0. The van der Waals surface area contributed by atoms with Crippen LogP contribution in [0.5, 0.6) is 11.5 Å².